The molecule has 0 aliphatic rings. The molecule has 0 saturated heterocycles. The van der Waals surface area contributed by atoms with Crippen molar-refractivity contribution in [2.75, 3.05) is 21.3 Å². The average Bonchev–Trinajstić information content (AvgIpc) is 2.60. The zero-order valence-corrected chi connectivity index (χ0v) is 14.9. The van der Waals surface area contributed by atoms with Crippen molar-refractivity contribution in [3.8, 4) is 17.2 Å². The lowest BCUT2D eigenvalue weighted by Gasteiger charge is -2.12. The van der Waals surface area contributed by atoms with Gasteiger partial charge in [-0.1, -0.05) is 0 Å². The van der Waals surface area contributed by atoms with Crippen LogP contribution in [0.3, 0.4) is 0 Å². The second-order valence-electron chi connectivity index (χ2n) is 5.39. The van der Waals surface area contributed by atoms with Crippen molar-refractivity contribution in [1.29, 1.82) is 0 Å². The molecule has 0 radical (unpaired) electrons. The molecule has 1 aromatic heterocycles. The van der Waals surface area contributed by atoms with E-state index in [4.69, 9.17) is 14.2 Å². The predicted molar refractivity (Wildman–Crippen MR) is 92.6 cm³/mol. The largest absolute Gasteiger partial charge is 0.498 e. The average molecular weight is 331 g/mol. The normalized spacial score (nSPS) is 10.9. The number of benzene rings is 1. The molecule has 128 valence electrons. The Kier molecular flexibility index (Phi) is 5.28. The molecule has 0 atom stereocenters. The molecular weight excluding hydrogens is 308 g/mol. The van der Waals surface area contributed by atoms with Crippen molar-refractivity contribution in [2.24, 2.45) is 14.1 Å². The first kappa shape index (κ1) is 17.6. The number of hydrogen-bond acceptors (Lipinski definition) is 4. The van der Waals surface area contributed by atoms with Crippen LogP contribution in [0.2, 0.25) is 0 Å². The van der Waals surface area contributed by atoms with Gasteiger partial charge in [0.15, 0.2) is 11.5 Å². The van der Waals surface area contributed by atoms with E-state index in [2.05, 4.69) is 0 Å². The van der Waals surface area contributed by atoms with Crippen molar-refractivity contribution in [1.82, 2.24) is 4.57 Å². The summed E-state index contributed by atoms with van der Waals surface area (Å²) in [5.74, 6) is 1.87. The quantitative estimate of drug-likeness (QED) is 0.783. The highest BCUT2D eigenvalue weighted by Crippen LogP contribution is 2.35. The molecule has 1 heterocycles. The van der Waals surface area contributed by atoms with Gasteiger partial charge in [-0.3, -0.25) is 0 Å². The van der Waals surface area contributed by atoms with Crippen LogP contribution in [0.15, 0.2) is 23.0 Å². The Morgan fingerprint density at radius 1 is 0.958 bits per heavy atom. The number of aryl methyl sites for hydroxylation is 1. The minimum atomic E-state index is -0.0751. The van der Waals surface area contributed by atoms with Gasteiger partial charge < -0.3 is 14.2 Å². The van der Waals surface area contributed by atoms with E-state index in [1.54, 1.807) is 50.6 Å². The third-order valence-electron chi connectivity index (χ3n) is 4.02. The van der Waals surface area contributed by atoms with Crippen LogP contribution in [0.4, 0.5) is 0 Å². The first-order chi connectivity index (χ1) is 11.4. The Balaban J connectivity index is 2.51. The van der Waals surface area contributed by atoms with Gasteiger partial charge >= 0.3 is 5.69 Å². The maximum atomic E-state index is 12.2. The predicted octanol–water partition coefficient (Wildman–Crippen LogP) is 1.71. The molecule has 0 saturated carbocycles. The van der Waals surface area contributed by atoms with Gasteiger partial charge in [0.1, 0.15) is 17.1 Å². The summed E-state index contributed by atoms with van der Waals surface area (Å²) in [6.07, 6.45) is 3.76. The lowest BCUT2D eigenvalue weighted by molar-refractivity contribution is -0.692. The fourth-order valence-electron chi connectivity index (χ4n) is 2.41. The van der Waals surface area contributed by atoms with Crippen LogP contribution in [0.25, 0.3) is 12.2 Å². The van der Waals surface area contributed by atoms with E-state index < -0.39 is 0 Å². The Hall–Kier alpha value is -2.76. The molecule has 6 nitrogen and oxygen atoms in total. The summed E-state index contributed by atoms with van der Waals surface area (Å²) in [5, 5.41) is 0. The molecule has 2 aromatic rings. The van der Waals surface area contributed by atoms with Gasteiger partial charge in [-0.2, -0.15) is 13.9 Å². The van der Waals surface area contributed by atoms with E-state index in [1.807, 2.05) is 31.2 Å². The Morgan fingerprint density at radius 3 is 2.12 bits per heavy atom. The van der Waals surface area contributed by atoms with E-state index in [-0.39, 0.29) is 5.69 Å². The Morgan fingerprint density at radius 2 is 1.54 bits per heavy atom. The third kappa shape index (κ3) is 3.27. The summed E-state index contributed by atoms with van der Waals surface area (Å²) >= 11 is 0. The van der Waals surface area contributed by atoms with Crippen molar-refractivity contribution in [3.63, 3.8) is 0 Å². The zero-order chi connectivity index (χ0) is 17.9. The van der Waals surface area contributed by atoms with Crippen LogP contribution >= 0.6 is 0 Å². The minimum absolute atomic E-state index is 0.0751. The van der Waals surface area contributed by atoms with Crippen LogP contribution in [-0.2, 0) is 14.1 Å². The van der Waals surface area contributed by atoms with Crippen molar-refractivity contribution < 1.29 is 18.8 Å². The molecule has 0 bridgehead atoms. The molecule has 6 heteroatoms. The SMILES string of the molecule is COc1cc(OC)c(OC)cc1/C=C/c1cc(C)n(C)c(=O)[n+]1C. The van der Waals surface area contributed by atoms with Crippen molar-refractivity contribution in [3.05, 3.63) is 45.6 Å². The lowest BCUT2D eigenvalue weighted by atomic mass is 10.1. The minimum Gasteiger partial charge on any atom is -0.496 e. The van der Waals surface area contributed by atoms with Gasteiger partial charge in [-0.05, 0) is 25.1 Å². The second-order valence-corrected chi connectivity index (χ2v) is 5.39. The summed E-state index contributed by atoms with van der Waals surface area (Å²) in [6, 6.07) is 5.56. The number of aromatic nitrogens is 2. The highest BCUT2D eigenvalue weighted by atomic mass is 16.5. The highest BCUT2D eigenvalue weighted by molar-refractivity contribution is 5.73. The maximum Gasteiger partial charge on any atom is 0.498 e. The molecule has 24 heavy (non-hydrogen) atoms. The molecule has 0 unspecified atom stereocenters. The van der Waals surface area contributed by atoms with Gasteiger partial charge in [0, 0.05) is 17.7 Å². The van der Waals surface area contributed by atoms with Crippen molar-refractivity contribution >= 4 is 12.2 Å². The van der Waals surface area contributed by atoms with Gasteiger partial charge in [-0.25, -0.2) is 0 Å². The molecule has 2 rings (SSSR count). The number of ether oxygens (including phenoxy) is 3. The first-order valence-electron chi connectivity index (χ1n) is 7.47. The molecule has 0 amide bonds. The zero-order valence-electron chi connectivity index (χ0n) is 14.9. The second kappa shape index (κ2) is 7.21. The van der Waals surface area contributed by atoms with E-state index in [9.17, 15) is 4.79 Å². The maximum absolute atomic E-state index is 12.2. The summed E-state index contributed by atoms with van der Waals surface area (Å²) in [4.78, 5) is 12.2. The molecule has 0 aliphatic heterocycles. The Labute approximate surface area is 141 Å². The van der Waals surface area contributed by atoms with E-state index in [0.717, 1.165) is 17.0 Å². The number of nitrogens with zero attached hydrogens (tertiary/aromatic N) is 2. The molecule has 1 aromatic carbocycles. The highest BCUT2D eigenvalue weighted by Gasteiger charge is 2.13. The fourth-order valence-corrected chi connectivity index (χ4v) is 2.41. The van der Waals surface area contributed by atoms with Gasteiger partial charge in [0.25, 0.3) is 0 Å². The number of hydrogen-bond donors (Lipinski definition) is 0. The summed E-state index contributed by atoms with van der Waals surface area (Å²) in [7, 11) is 8.26. The van der Waals surface area contributed by atoms with E-state index in [1.165, 1.54) is 0 Å². The number of methoxy groups -OCH3 is 3. The standard InChI is InChI=1S/C18H23N2O4/c1-12-9-14(20(3)18(21)19(12)2)8-7-13-10-16(23-5)17(24-6)11-15(13)22-4/h7-11H,1-6H3/q+1/b8-7+. The molecule has 0 N–H and O–H groups in total. The van der Waals surface area contributed by atoms with Crippen LogP contribution in [-0.4, -0.2) is 25.9 Å². The van der Waals surface area contributed by atoms with Gasteiger partial charge in [0.05, 0.1) is 35.4 Å². The molecular formula is C18H23N2O4+. The summed E-state index contributed by atoms with van der Waals surface area (Å²) in [6.45, 7) is 1.90. The third-order valence-corrected chi connectivity index (χ3v) is 4.02. The topological polar surface area (TPSA) is 53.6 Å². The summed E-state index contributed by atoms with van der Waals surface area (Å²) in [5.41, 5.74) is 2.44. The van der Waals surface area contributed by atoms with Crippen molar-refractivity contribution in [2.45, 2.75) is 6.92 Å². The van der Waals surface area contributed by atoms with Gasteiger partial charge in [-0.15, -0.1) is 0 Å². The summed E-state index contributed by atoms with van der Waals surface area (Å²) < 4.78 is 19.2. The van der Waals surface area contributed by atoms with Gasteiger partial charge in [0.2, 0.25) is 0 Å². The van der Waals surface area contributed by atoms with E-state index in [0.29, 0.717) is 17.2 Å². The van der Waals surface area contributed by atoms with Crippen LogP contribution in [0, 0.1) is 6.92 Å². The monoisotopic (exact) mass is 331 g/mol. The lowest BCUT2D eigenvalue weighted by Crippen LogP contribution is -2.53. The first-order valence-corrected chi connectivity index (χ1v) is 7.47. The van der Waals surface area contributed by atoms with Crippen LogP contribution in [0.1, 0.15) is 17.0 Å². The molecule has 0 spiro atoms. The number of rotatable bonds is 5. The fraction of sp³-hybridized carbons (Fsp3) is 0.333. The smallest absolute Gasteiger partial charge is 0.496 e. The van der Waals surface area contributed by atoms with Crippen LogP contribution < -0.4 is 24.5 Å². The van der Waals surface area contributed by atoms with E-state index >= 15 is 0 Å². The Bertz CT molecular complexity index is 838. The molecule has 0 fully saturated rings. The van der Waals surface area contributed by atoms with Crippen LogP contribution in [0.5, 0.6) is 17.2 Å². The molecule has 0 aliphatic carbocycles.